The lowest BCUT2D eigenvalue weighted by Crippen LogP contribution is -2.14. The van der Waals surface area contributed by atoms with Gasteiger partial charge in [-0.15, -0.1) is 0 Å². The molecule has 29 heavy (non-hydrogen) atoms. The highest BCUT2D eigenvalue weighted by atomic mass is 16.5. The smallest absolute Gasteiger partial charge is 0.257 e. The number of carbonyl (C=O) groups is 1. The van der Waals surface area contributed by atoms with Crippen molar-refractivity contribution in [1.29, 1.82) is 0 Å². The second-order valence-corrected chi connectivity index (χ2v) is 6.30. The van der Waals surface area contributed by atoms with Crippen LogP contribution in [-0.2, 0) is 6.42 Å². The van der Waals surface area contributed by atoms with E-state index in [-0.39, 0.29) is 5.91 Å². The summed E-state index contributed by atoms with van der Waals surface area (Å²) in [5.74, 6) is 2.00. The van der Waals surface area contributed by atoms with Crippen LogP contribution in [0.4, 0.5) is 11.5 Å². The number of nitrogens with one attached hydrogen (secondary N) is 2. The maximum Gasteiger partial charge on any atom is 0.257 e. The number of nitrogens with zero attached hydrogens (tertiary/aromatic N) is 1. The average Bonchev–Trinajstić information content (AvgIpc) is 2.76. The van der Waals surface area contributed by atoms with Crippen LogP contribution in [0.2, 0.25) is 0 Å². The van der Waals surface area contributed by atoms with Gasteiger partial charge in [-0.1, -0.05) is 30.3 Å². The van der Waals surface area contributed by atoms with Crippen molar-refractivity contribution < 1.29 is 14.3 Å². The van der Waals surface area contributed by atoms with Gasteiger partial charge in [0.1, 0.15) is 17.3 Å². The second-order valence-electron chi connectivity index (χ2n) is 6.30. The van der Waals surface area contributed by atoms with Crippen molar-refractivity contribution in [2.45, 2.75) is 13.3 Å². The molecule has 0 aliphatic rings. The van der Waals surface area contributed by atoms with Crippen LogP contribution in [0.1, 0.15) is 22.8 Å². The summed E-state index contributed by atoms with van der Waals surface area (Å²) in [6.07, 6.45) is 2.37. The van der Waals surface area contributed by atoms with Crippen LogP contribution >= 0.6 is 0 Å². The molecule has 0 bridgehead atoms. The van der Waals surface area contributed by atoms with Crippen LogP contribution in [0.5, 0.6) is 11.5 Å². The molecule has 2 N–H and O–H groups in total. The first kappa shape index (κ1) is 20.2. The number of amides is 1. The topological polar surface area (TPSA) is 72.5 Å². The van der Waals surface area contributed by atoms with Crippen LogP contribution in [0, 0.1) is 0 Å². The number of hydrogen-bond acceptors (Lipinski definition) is 5. The van der Waals surface area contributed by atoms with Gasteiger partial charge in [0.15, 0.2) is 0 Å². The van der Waals surface area contributed by atoms with E-state index in [0.29, 0.717) is 36.0 Å². The van der Waals surface area contributed by atoms with Crippen molar-refractivity contribution in [2.75, 3.05) is 30.9 Å². The van der Waals surface area contributed by atoms with Crippen molar-refractivity contribution in [3.8, 4) is 11.5 Å². The summed E-state index contributed by atoms with van der Waals surface area (Å²) < 4.78 is 10.9. The largest absolute Gasteiger partial charge is 0.496 e. The molecule has 0 radical (unpaired) electrons. The zero-order valence-electron chi connectivity index (χ0n) is 16.6. The van der Waals surface area contributed by atoms with Gasteiger partial charge < -0.3 is 20.1 Å². The Labute approximate surface area is 170 Å². The van der Waals surface area contributed by atoms with Crippen LogP contribution in [0.25, 0.3) is 0 Å². The molecule has 6 nitrogen and oxygen atoms in total. The Hall–Kier alpha value is -3.54. The third-order valence-corrected chi connectivity index (χ3v) is 4.35. The highest BCUT2D eigenvalue weighted by Gasteiger charge is 2.10. The monoisotopic (exact) mass is 391 g/mol. The molecule has 0 atom stereocenters. The molecular formula is C23H25N3O3. The third kappa shape index (κ3) is 5.48. The molecule has 1 aromatic heterocycles. The molecule has 3 rings (SSSR count). The number of rotatable bonds is 9. The van der Waals surface area contributed by atoms with Crippen LogP contribution < -0.4 is 20.1 Å². The molecule has 0 saturated heterocycles. The summed E-state index contributed by atoms with van der Waals surface area (Å²) >= 11 is 0. The number of methoxy groups -OCH3 is 1. The summed E-state index contributed by atoms with van der Waals surface area (Å²) in [7, 11) is 1.67. The number of carbonyl (C=O) groups excluding carboxylic acids is 1. The number of benzene rings is 2. The zero-order chi connectivity index (χ0) is 20.5. The first-order valence-corrected chi connectivity index (χ1v) is 9.56. The number of hydrogen-bond donors (Lipinski definition) is 2. The van der Waals surface area contributed by atoms with Crippen molar-refractivity contribution in [2.24, 2.45) is 0 Å². The molecule has 3 aromatic rings. The normalized spacial score (nSPS) is 10.3. The van der Waals surface area contributed by atoms with Gasteiger partial charge in [-0.2, -0.15) is 0 Å². The molecule has 6 heteroatoms. The van der Waals surface area contributed by atoms with Crippen molar-refractivity contribution in [3.05, 3.63) is 78.0 Å². The zero-order valence-corrected chi connectivity index (χ0v) is 16.6. The van der Waals surface area contributed by atoms with E-state index < -0.39 is 0 Å². The number of anilines is 2. The van der Waals surface area contributed by atoms with E-state index in [2.05, 4.69) is 15.6 Å². The van der Waals surface area contributed by atoms with E-state index in [1.807, 2.05) is 55.5 Å². The maximum atomic E-state index is 12.5. The Morgan fingerprint density at radius 3 is 2.48 bits per heavy atom. The van der Waals surface area contributed by atoms with Crippen molar-refractivity contribution in [3.63, 3.8) is 0 Å². The Morgan fingerprint density at radius 2 is 1.76 bits per heavy atom. The minimum Gasteiger partial charge on any atom is -0.496 e. The minimum atomic E-state index is -0.231. The molecule has 0 saturated carbocycles. The van der Waals surface area contributed by atoms with E-state index in [1.165, 1.54) is 0 Å². The Kier molecular flexibility index (Phi) is 7.05. The summed E-state index contributed by atoms with van der Waals surface area (Å²) in [5, 5.41) is 6.14. The molecule has 150 valence electrons. The highest BCUT2D eigenvalue weighted by Crippen LogP contribution is 2.24. The first-order valence-electron chi connectivity index (χ1n) is 9.56. The van der Waals surface area contributed by atoms with Gasteiger partial charge in [-0.05, 0) is 49.2 Å². The third-order valence-electron chi connectivity index (χ3n) is 4.35. The predicted octanol–water partition coefficient (Wildman–Crippen LogP) is 4.40. The van der Waals surface area contributed by atoms with Crippen molar-refractivity contribution in [1.82, 2.24) is 4.98 Å². The lowest BCUT2D eigenvalue weighted by atomic mass is 10.1. The molecule has 1 heterocycles. The first-order chi connectivity index (χ1) is 14.2. The van der Waals surface area contributed by atoms with Gasteiger partial charge in [-0.3, -0.25) is 4.79 Å². The van der Waals surface area contributed by atoms with E-state index in [1.54, 1.807) is 25.4 Å². The van der Waals surface area contributed by atoms with Crippen LogP contribution in [0.15, 0.2) is 66.9 Å². The van der Waals surface area contributed by atoms with Gasteiger partial charge in [0.05, 0.1) is 25.0 Å². The summed E-state index contributed by atoms with van der Waals surface area (Å²) in [5.41, 5.74) is 2.25. The fourth-order valence-corrected chi connectivity index (χ4v) is 2.91. The molecule has 0 aliphatic carbocycles. The van der Waals surface area contributed by atoms with Gasteiger partial charge >= 0.3 is 0 Å². The number of aromatic nitrogens is 1. The number of ether oxygens (including phenoxy) is 2. The summed E-state index contributed by atoms with van der Waals surface area (Å²) in [6.45, 7) is 3.15. The Morgan fingerprint density at radius 1 is 1.00 bits per heavy atom. The quantitative estimate of drug-likeness (QED) is 0.566. The minimum absolute atomic E-state index is 0.231. The Balaban J connectivity index is 1.56. The van der Waals surface area contributed by atoms with Gasteiger partial charge in [-0.25, -0.2) is 4.98 Å². The standard InChI is InChI=1S/C23H25N3O3/c1-3-29-21-11-7-5-9-19(21)26-23(27)18-12-13-22(25-16-18)24-15-14-17-8-4-6-10-20(17)28-2/h4-13,16H,3,14-15H2,1-2H3,(H,24,25)(H,26,27). The van der Waals surface area contributed by atoms with Gasteiger partial charge in [0.2, 0.25) is 0 Å². The van der Waals surface area contributed by atoms with E-state index >= 15 is 0 Å². The average molecular weight is 391 g/mol. The molecule has 0 spiro atoms. The number of pyridine rings is 1. The molecule has 1 amide bonds. The predicted molar refractivity (Wildman–Crippen MR) is 115 cm³/mol. The van der Waals surface area contributed by atoms with E-state index in [0.717, 1.165) is 17.7 Å². The van der Waals surface area contributed by atoms with Gasteiger partial charge in [0, 0.05) is 12.7 Å². The maximum absolute atomic E-state index is 12.5. The molecular weight excluding hydrogens is 366 g/mol. The Bertz CT molecular complexity index is 942. The molecule has 2 aromatic carbocycles. The fourth-order valence-electron chi connectivity index (χ4n) is 2.91. The summed E-state index contributed by atoms with van der Waals surface area (Å²) in [6, 6.07) is 18.8. The summed E-state index contributed by atoms with van der Waals surface area (Å²) in [4.78, 5) is 16.8. The van der Waals surface area contributed by atoms with E-state index in [4.69, 9.17) is 9.47 Å². The SMILES string of the molecule is CCOc1ccccc1NC(=O)c1ccc(NCCc2ccccc2OC)nc1. The lowest BCUT2D eigenvalue weighted by molar-refractivity contribution is 0.102. The van der Waals surface area contributed by atoms with E-state index in [9.17, 15) is 4.79 Å². The number of para-hydroxylation sites is 3. The van der Waals surface area contributed by atoms with Gasteiger partial charge in [0.25, 0.3) is 5.91 Å². The van der Waals surface area contributed by atoms with Crippen LogP contribution in [0.3, 0.4) is 0 Å². The highest BCUT2D eigenvalue weighted by molar-refractivity contribution is 6.04. The lowest BCUT2D eigenvalue weighted by Gasteiger charge is -2.12. The molecule has 0 aliphatic heterocycles. The second kappa shape index (κ2) is 10.1. The fraction of sp³-hybridized carbons (Fsp3) is 0.217. The molecule has 0 unspecified atom stereocenters. The van der Waals surface area contributed by atoms with Crippen molar-refractivity contribution >= 4 is 17.4 Å². The molecule has 0 fully saturated rings. The van der Waals surface area contributed by atoms with Crippen LogP contribution in [-0.4, -0.2) is 31.2 Å².